The first kappa shape index (κ1) is 35.0. The Labute approximate surface area is 299 Å². The third-order valence-corrected chi connectivity index (χ3v) is 8.77. The summed E-state index contributed by atoms with van der Waals surface area (Å²) in [6.45, 7) is 4.07. The lowest BCUT2D eigenvalue weighted by atomic mass is 9.95. The number of aliphatic hydroxyl groups excluding tert-OH is 1. The molecule has 0 radical (unpaired) electrons. The van der Waals surface area contributed by atoms with Gasteiger partial charge in [-0.05, 0) is 104 Å². The Bertz CT molecular complexity index is 1850. The number of nitrogens with one attached hydrogen (secondary N) is 3. The Hall–Kier alpha value is -4.34. The highest BCUT2D eigenvalue weighted by Gasteiger charge is 2.32. The van der Waals surface area contributed by atoms with E-state index in [9.17, 15) is 14.7 Å². The molecular weight excluding hydrogens is 795 g/mol. The van der Waals surface area contributed by atoms with E-state index in [-0.39, 0.29) is 12.2 Å². The summed E-state index contributed by atoms with van der Waals surface area (Å²) >= 11 is 5.84. The van der Waals surface area contributed by atoms with E-state index in [0.29, 0.717) is 36.0 Å². The van der Waals surface area contributed by atoms with Crippen molar-refractivity contribution in [1.82, 2.24) is 16.1 Å². The number of hydrazone groups is 1. The van der Waals surface area contributed by atoms with Crippen molar-refractivity contribution in [1.29, 1.82) is 0 Å². The predicted molar refractivity (Wildman–Crippen MR) is 194 cm³/mol. The van der Waals surface area contributed by atoms with Crippen LogP contribution in [0.25, 0.3) is 10.8 Å². The highest BCUT2D eigenvalue weighted by molar-refractivity contribution is 14.1. The standard InChI is InChI=1S/C35H34BrIN4O7/c1-4-46-29-16-23(32-31(34(43)45-3)20(2)39-35(44)40-32)12-13-28(29)47-19-30(42)41-38-17-21-14-26(36)33(27(37)15-21)48-18-24-10-7-9-22-8-5-6-11-25(22)24/h5-17,30,32,41-42H,4,18-19H2,1-3H3,(H2,39,40,44)/b38-17-/t30-,32+/m0/s1. The van der Waals surface area contributed by atoms with E-state index in [2.05, 4.69) is 83.9 Å². The minimum Gasteiger partial charge on any atom is -0.490 e. The first-order valence-electron chi connectivity index (χ1n) is 15.0. The number of nitrogens with zero attached hydrogens (tertiary/aromatic N) is 1. The van der Waals surface area contributed by atoms with E-state index in [1.807, 2.05) is 37.3 Å². The van der Waals surface area contributed by atoms with Crippen LogP contribution in [0.2, 0.25) is 0 Å². The molecule has 2 atom stereocenters. The van der Waals surface area contributed by atoms with E-state index < -0.39 is 24.3 Å². The first-order chi connectivity index (χ1) is 23.2. The van der Waals surface area contributed by atoms with E-state index >= 15 is 0 Å². The second-order valence-electron chi connectivity index (χ2n) is 10.7. The summed E-state index contributed by atoms with van der Waals surface area (Å²) in [4.78, 5) is 24.7. The number of ether oxygens (including phenoxy) is 4. The van der Waals surface area contributed by atoms with Crippen molar-refractivity contribution in [2.24, 2.45) is 5.10 Å². The van der Waals surface area contributed by atoms with Crippen LogP contribution in [0.4, 0.5) is 4.79 Å². The second kappa shape index (κ2) is 16.2. The van der Waals surface area contributed by atoms with Crippen LogP contribution in [0.15, 0.2) is 93.6 Å². The summed E-state index contributed by atoms with van der Waals surface area (Å²) in [5.74, 6) is 0.904. The average Bonchev–Trinajstić information content (AvgIpc) is 3.07. The fourth-order valence-electron chi connectivity index (χ4n) is 5.18. The Morgan fingerprint density at radius 1 is 1.08 bits per heavy atom. The molecule has 2 amide bonds. The number of halogens is 2. The Balaban J connectivity index is 1.19. The molecule has 4 N–H and O–H groups in total. The zero-order valence-corrected chi connectivity index (χ0v) is 30.1. The van der Waals surface area contributed by atoms with Gasteiger partial charge in [0.2, 0.25) is 0 Å². The van der Waals surface area contributed by atoms with Gasteiger partial charge in [0.1, 0.15) is 19.0 Å². The molecule has 4 aromatic rings. The lowest BCUT2D eigenvalue weighted by molar-refractivity contribution is -0.136. The van der Waals surface area contributed by atoms with Crippen LogP contribution in [0.1, 0.15) is 36.6 Å². The van der Waals surface area contributed by atoms with Crippen molar-refractivity contribution in [3.8, 4) is 17.2 Å². The third kappa shape index (κ3) is 8.38. The topological polar surface area (TPSA) is 140 Å². The van der Waals surface area contributed by atoms with Gasteiger partial charge in [-0.25, -0.2) is 9.59 Å². The summed E-state index contributed by atoms with van der Waals surface area (Å²) in [6, 6.07) is 22.0. The monoisotopic (exact) mass is 828 g/mol. The van der Waals surface area contributed by atoms with Crippen molar-refractivity contribution in [3.63, 3.8) is 0 Å². The summed E-state index contributed by atoms with van der Waals surface area (Å²) in [6.07, 6.45) is 0.452. The molecule has 1 aliphatic heterocycles. The number of hydrogen-bond donors (Lipinski definition) is 4. The normalized spacial score (nSPS) is 15.1. The second-order valence-corrected chi connectivity index (χ2v) is 12.7. The van der Waals surface area contributed by atoms with E-state index in [1.54, 1.807) is 31.3 Å². The molecular formula is C35H34BrIN4O7. The summed E-state index contributed by atoms with van der Waals surface area (Å²) < 4.78 is 24.4. The molecule has 5 rings (SSSR count). The molecule has 0 saturated carbocycles. The molecule has 0 spiro atoms. The smallest absolute Gasteiger partial charge is 0.337 e. The summed E-state index contributed by atoms with van der Waals surface area (Å²) in [7, 11) is 1.28. The average molecular weight is 829 g/mol. The maximum atomic E-state index is 12.5. The number of methoxy groups -OCH3 is 1. The van der Waals surface area contributed by atoms with Gasteiger partial charge in [0.05, 0.1) is 39.6 Å². The molecule has 250 valence electrons. The van der Waals surface area contributed by atoms with Crippen LogP contribution in [-0.4, -0.2) is 49.9 Å². The number of benzene rings is 4. The molecule has 0 aliphatic carbocycles. The van der Waals surface area contributed by atoms with E-state index in [4.69, 9.17) is 18.9 Å². The van der Waals surface area contributed by atoms with Crippen LogP contribution < -0.4 is 30.3 Å². The third-order valence-electron chi connectivity index (χ3n) is 7.38. The molecule has 1 heterocycles. The van der Waals surface area contributed by atoms with Crippen LogP contribution in [0.5, 0.6) is 17.2 Å². The molecule has 0 unspecified atom stereocenters. The maximum Gasteiger partial charge on any atom is 0.337 e. The zero-order chi connectivity index (χ0) is 34.2. The van der Waals surface area contributed by atoms with Crippen LogP contribution in [-0.2, 0) is 16.1 Å². The van der Waals surface area contributed by atoms with Gasteiger partial charge in [-0.1, -0.05) is 48.5 Å². The maximum absolute atomic E-state index is 12.5. The fraction of sp³-hybridized carbons (Fsp3) is 0.229. The van der Waals surface area contributed by atoms with Gasteiger partial charge in [0.25, 0.3) is 0 Å². The lowest BCUT2D eigenvalue weighted by Crippen LogP contribution is -2.45. The van der Waals surface area contributed by atoms with Gasteiger partial charge in [0, 0.05) is 5.70 Å². The summed E-state index contributed by atoms with van der Waals surface area (Å²) in [5.41, 5.74) is 5.82. The molecule has 13 heteroatoms. The molecule has 0 fully saturated rings. The molecule has 0 aromatic heterocycles. The van der Waals surface area contributed by atoms with Gasteiger partial charge in [-0.2, -0.15) is 5.10 Å². The minimum atomic E-state index is -1.14. The van der Waals surface area contributed by atoms with E-state index in [0.717, 1.165) is 30.3 Å². The molecule has 11 nitrogen and oxygen atoms in total. The number of fused-ring (bicyclic) bond motifs is 1. The zero-order valence-electron chi connectivity index (χ0n) is 26.4. The minimum absolute atomic E-state index is 0.143. The predicted octanol–water partition coefficient (Wildman–Crippen LogP) is 6.31. The highest BCUT2D eigenvalue weighted by Crippen LogP contribution is 2.35. The van der Waals surface area contributed by atoms with Crippen LogP contribution in [0.3, 0.4) is 0 Å². The number of urea groups is 1. The quantitative estimate of drug-likeness (QED) is 0.0405. The largest absolute Gasteiger partial charge is 0.490 e. The number of hydrogen-bond acceptors (Lipinski definition) is 9. The van der Waals surface area contributed by atoms with Crippen molar-refractivity contribution in [3.05, 3.63) is 109 Å². The SMILES string of the molecule is CCOc1cc([C@H]2NC(=O)NC(C)=C2C(=O)OC)ccc1OC[C@H](O)N/N=C\c1cc(Br)c(OCc2cccc3ccccc23)c(I)c1. The number of esters is 1. The van der Waals surface area contributed by atoms with Gasteiger partial charge in [-0.15, -0.1) is 0 Å². The van der Waals surface area contributed by atoms with E-state index in [1.165, 1.54) is 12.5 Å². The molecule has 4 aromatic carbocycles. The number of rotatable bonds is 13. The number of amides is 2. The number of aliphatic hydroxyl groups is 1. The first-order valence-corrected chi connectivity index (χ1v) is 16.9. The Morgan fingerprint density at radius 2 is 1.88 bits per heavy atom. The van der Waals surface area contributed by atoms with Gasteiger partial charge in [-0.3, -0.25) is 5.43 Å². The Kier molecular flexibility index (Phi) is 11.8. The lowest BCUT2D eigenvalue weighted by Gasteiger charge is -2.28. The van der Waals surface area contributed by atoms with Gasteiger partial charge < -0.3 is 34.7 Å². The highest BCUT2D eigenvalue weighted by atomic mass is 127. The number of carbonyl (C=O) groups excluding carboxylic acids is 2. The molecule has 1 aliphatic rings. The van der Waals surface area contributed by atoms with Crippen molar-refractivity contribution >= 4 is 67.5 Å². The van der Waals surface area contributed by atoms with Gasteiger partial charge in [0.15, 0.2) is 17.7 Å². The van der Waals surface area contributed by atoms with Crippen LogP contribution >= 0.6 is 38.5 Å². The van der Waals surface area contributed by atoms with Crippen molar-refractivity contribution in [2.45, 2.75) is 32.7 Å². The summed E-state index contributed by atoms with van der Waals surface area (Å²) in [5, 5.41) is 22.4. The number of allylic oxidation sites excluding steroid dienone is 1. The van der Waals surface area contributed by atoms with Crippen molar-refractivity contribution < 1.29 is 33.6 Å². The molecule has 0 bridgehead atoms. The number of carbonyl (C=O) groups is 2. The van der Waals surface area contributed by atoms with Gasteiger partial charge >= 0.3 is 12.0 Å². The fourth-order valence-corrected chi connectivity index (χ4v) is 6.95. The molecule has 48 heavy (non-hydrogen) atoms. The Morgan fingerprint density at radius 3 is 2.65 bits per heavy atom. The van der Waals surface area contributed by atoms with Crippen molar-refractivity contribution in [2.75, 3.05) is 20.3 Å². The molecule has 0 saturated heterocycles. The van der Waals surface area contributed by atoms with Crippen LogP contribution in [0, 0.1) is 3.57 Å².